The fourth-order valence-electron chi connectivity index (χ4n) is 11.0. The SMILES string of the molecule is CC1(C)[CH2][Ge]2([CH2]CC[CH2]2)[c]2ccnc(-n3c4[c-]c(Oc5[c-]c(-n6[c-][n+](-c7c(-c8ccccc8)cccc7-c7ccccc7)c7ccccc76)ccc5)ccc4c4ccccc43)c21.[Pt]. The van der Waals surface area contributed by atoms with Crippen LogP contribution in [0.3, 0.4) is 0 Å². The number of hydrogen-bond donors (Lipinski definition) is 0. The van der Waals surface area contributed by atoms with Crippen molar-refractivity contribution in [3.8, 4) is 50.9 Å². The van der Waals surface area contributed by atoms with Crippen molar-refractivity contribution < 1.29 is 30.4 Å². The minimum absolute atomic E-state index is 0. The molecule has 0 N–H and O–H groups in total. The van der Waals surface area contributed by atoms with Gasteiger partial charge in [0.05, 0.1) is 16.7 Å². The zero-order valence-electron chi connectivity index (χ0n) is 35.2. The third-order valence-electron chi connectivity index (χ3n) is 13.5. The molecule has 0 aliphatic carbocycles. The maximum atomic E-state index is 6.73. The summed E-state index contributed by atoms with van der Waals surface area (Å²) in [6.07, 6.45) is 8.62. The molecule has 10 aromatic rings. The van der Waals surface area contributed by atoms with E-state index in [2.05, 4.69) is 198 Å². The Hall–Kier alpha value is -6.01. The normalized spacial score (nSPS) is 15.0. The van der Waals surface area contributed by atoms with Gasteiger partial charge in [-0.15, -0.1) is 0 Å². The van der Waals surface area contributed by atoms with Crippen molar-refractivity contribution in [3.05, 3.63) is 194 Å². The van der Waals surface area contributed by atoms with Crippen LogP contribution in [0, 0.1) is 18.5 Å². The molecule has 7 heteroatoms. The summed E-state index contributed by atoms with van der Waals surface area (Å²) in [5, 5.41) is 6.57. The van der Waals surface area contributed by atoms with E-state index >= 15 is 0 Å². The van der Waals surface area contributed by atoms with Crippen LogP contribution in [0.5, 0.6) is 11.5 Å². The molecule has 0 saturated carbocycles. The molecule has 0 unspecified atom stereocenters. The second kappa shape index (κ2) is 15.7. The first kappa shape index (κ1) is 39.8. The standard InChI is InChI=1S/C56H44GeN4O.Pt/c1-56(2)37-57(32-13-14-33-57)48-31-34-58-55(53(48)56)61-49-26-10-9-23-46(49)47-30-29-43(36-52(47)61)62-42-22-15-21-41(35-42)59-38-60(51-28-12-11-27-50(51)59)54-44(39-17-5-3-6-18-39)24-16-25-45(54)40-19-7-4-8-20-40;/h3-12,15-31,34H,13-14,32-33,37H2,1-2H3;/q-2;. The molecule has 0 radical (unpaired) electrons. The van der Waals surface area contributed by atoms with Crippen LogP contribution in [0.2, 0.25) is 15.8 Å². The van der Waals surface area contributed by atoms with Crippen LogP contribution >= 0.6 is 0 Å². The largest absolute Gasteiger partial charge is 0 e. The molecular weight excluding hydrogens is 1010 g/mol. The van der Waals surface area contributed by atoms with Crippen molar-refractivity contribution in [3.63, 3.8) is 0 Å². The number of imidazole rings is 1. The topological polar surface area (TPSA) is 35.9 Å². The molecule has 63 heavy (non-hydrogen) atoms. The average Bonchev–Trinajstić information content (AvgIpc) is 4.08. The second-order valence-electron chi connectivity index (χ2n) is 17.7. The number of rotatable bonds is 7. The van der Waals surface area contributed by atoms with Crippen LogP contribution in [0.15, 0.2) is 170 Å². The predicted molar refractivity (Wildman–Crippen MR) is 253 cm³/mol. The number of pyridine rings is 1. The van der Waals surface area contributed by atoms with Gasteiger partial charge in [-0.05, 0) is 22.3 Å². The van der Waals surface area contributed by atoms with Crippen LogP contribution in [0.4, 0.5) is 0 Å². The molecule has 5 nitrogen and oxygen atoms in total. The molecule has 0 atom stereocenters. The third-order valence-corrected chi connectivity index (χ3v) is 25.5. The Labute approximate surface area is 385 Å². The molecule has 2 aliphatic rings. The second-order valence-corrected chi connectivity index (χ2v) is 27.1. The van der Waals surface area contributed by atoms with Crippen LogP contribution in [0.1, 0.15) is 32.3 Å². The molecule has 310 valence electrons. The van der Waals surface area contributed by atoms with E-state index in [0.29, 0.717) is 11.5 Å². The van der Waals surface area contributed by atoms with E-state index in [1.165, 1.54) is 39.6 Å². The molecule has 12 rings (SSSR count). The van der Waals surface area contributed by atoms with Crippen LogP contribution in [0.25, 0.3) is 72.3 Å². The zero-order valence-corrected chi connectivity index (χ0v) is 39.6. The first-order chi connectivity index (χ1) is 30.5. The summed E-state index contributed by atoms with van der Waals surface area (Å²) < 4.78 is 15.1. The van der Waals surface area contributed by atoms with Crippen molar-refractivity contribution in [2.45, 2.75) is 47.9 Å². The van der Waals surface area contributed by atoms with E-state index in [1.54, 1.807) is 4.40 Å². The number of aromatic nitrogens is 4. The van der Waals surface area contributed by atoms with Gasteiger partial charge < -0.3 is 0 Å². The van der Waals surface area contributed by atoms with E-state index in [4.69, 9.17) is 9.72 Å². The summed E-state index contributed by atoms with van der Waals surface area (Å²) in [6, 6.07) is 65.0. The quantitative estimate of drug-likeness (QED) is 0.0906. The molecule has 0 bridgehead atoms. The summed E-state index contributed by atoms with van der Waals surface area (Å²) in [5.74, 6) is 2.29. The molecule has 1 fully saturated rings. The van der Waals surface area contributed by atoms with E-state index in [1.807, 2.05) is 18.2 Å². The Morgan fingerprint density at radius 3 is 2.03 bits per heavy atom. The van der Waals surface area contributed by atoms with Crippen molar-refractivity contribution in [2.24, 2.45) is 0 Å². The van der Waals surface area contributed by atoms with Gasteiger partial charge in [-0.3, -0.25) is 4.57 Å². The number of fused-ring (bicyclic) bond motifs is 6. The maximum absolute atomic E-state index is 6.73. The smallest absolute Gasteiger partial charge is 0 e. The minimum atomic E-state index is -2.20. The van der Waals surface area contributed by atoms with Crippen molar-refractivity contribution in [2.75, 3.05) is 0 Å². The summed E-state index contributed by atoms with van der Waals surface area (Å²) in [5.41, 5.74) is 12.1. The molecule has 3 aromatic heterocycles. The number of para-hydroxylation sites is 4. The molecule has 2 aliphatic heterocycles. The predicted octanol–water partition coefficient (Wildman–Crippen LogP) is 12.7. The van der Waals surface area contributed by atoms with Gasteiger partial charge >= 0.3 is 214 Å². The molecule has 5 heterocycles. The monoisotopic (exact) mass is 1060 g/mol. The Morgan fingerprint density at radius 2 is 1.29 bits per heavy atom. The summed E-state index contributed by atoms with van der Waals surface area (Å²) in [6.45, 7) is 4.92. The fraction of sp³-hybridized carbons (Fsp3) is 0.143. The zero-order chi connectivity index (χ0) is 41.4. The maximum Gasteiger partial charge on any atom is 0 e. The Bertz CT molecular complexity index is 3290. The van der Waals surface area contributed by atoms with Gasteiger partial charge in [0.25, 0.3) is 6.33 Å². The Morgan fingerprint density at radius 1 is 0.635 bits per heavy atom. The van der Waals surface area contributed by atoms with Gasteiger partial charge in [-0.1, -0.05) is 103 Å². The van der Waals surface area contributed by atoms with E-state index < -0.39 is 13.3 Å². The number of hydrogen-bond acceptors (Lipinski definition) is 2. The Kier molecular flexibility index (Phi) is 9.89. The van der Waals surface area contributed by atoms with Gasteiger partial charge in [0.2, 0.25) is 0 Å². The van der Waals surface area contributed by atoms with Gasteiger partial charge in [-0.25, -0.2) is 0 Å². The third kappa shape index (κ3) is 6.54. The van der Waals surface area contributed by atoms with Gasteiger partial charge in [0.1, 0.15) is 0 Å². The summed E-state index contributed by atoms with van der Waals surface area (Å²) >= 11 is -2.20. The summed E-state index contributed by atoms with van der Waals surface area (Å²) in [7, 11) is 0. The number of ether oxygens (including phenoxy) is 1. The van der Waals surface area contributed by atoms with Crippen molar-refractivity contribution >= 4 is 50.5 Å². The van der Waals surface area contributed by atoms with E-state index in [-0.39, 0.29) is 26.5 Å². The molecular formula is C56H44GeN4OPt-2. The summed E-state index contributed by atoms with van der Waals surface area (Å²) in [4.78, 5) is 5.21. The van der Waals surface area contributed by atoms with Crippen LogP contribution in [-0.2, 0) is 26.5 Å². The minimum Gasteiger partial charge on any atom is 0 e. The first-order valence-corrected chi connectivity index (χ1v) is 27.3. The molecule has 7 aromatic carbocycles. The van der Waals surface area contributed by atoms with Gasteiger partial charge in [0.15, 0.2) is 0 Å². The van der Waals surface area contributed by atoms with Gasteiger partial charge in [-0.2, -0.15) is 0 Å². The average molecular weight is 1060 g/mol. The molecule has 0 amide bonds. The number of benzene rings is 7. The van der Waals surface area contributed by atoms with Crippen molar-refractivity contribution in [1.82, 2.24) is 14.1 Å². The molecule has 1 spiro atoms. The Balaban J connectivity index is 0.00000444. The van der Waals surface area contributed by atoms with E-state index in [0.717, 1.165) is 66.9 Å². The van der Waals surface area contributed by atoms with Crippen LogP contribution < -0.4 is 13.7 Å². The van der Waals surface area contributed by atoms with E-state index in [9.17, 15) is 0 Å². The fourth-order valence-corrected chi connectivity index (χ4v) is 24.6. The van der Waals surface area contributed by atoms with Crippen molar-refractivity contribution in [1.29, 1.82) is 0 Å². The first-order valence-electron chi connectivity index (χ1n) is 21.8. The van der Waals surface area contributed by atoms with Crippen LogP contribution in [-0.4, -0.2) is 27.4 Å². The molecule has 1 saturated heterocycles. The number of nitrogens with zero attached hydrogens (tertiary/aromatic N) is 4. The van der Waals surface area contributed by atoms with Gasteiger partial charge in [0, 0.05) is 21.1 Å².